The molecule has 2 fully saturated rings. The number of carbonyl (C=O) groups is 2. The fourth-order valence-corrected chi connectivity index (χ4v) is 4.48. The molecule has 164 valence electrons. The first-order valence-electron chi connectivity index (χ1n) is 11.0. The monoisotopic (exact) mass is 417 g/mol. The predicted molar refractivity (Wildman–Crippen MR) is 110 cm³/mol. The van der Waals surface area contributed by atoms with Gasteiger partial charge in [0, 0.05) is 44.7 Å². The van der Waals surface area contributed by atoms with Crippen molar-refractivity contribution in [1.82, 2.24) is 19.8 Å². The van der Waals surface area contributed by atoms with E-state index < -0.39 is 0 Å². The van der Waals surface area contributed by atoms with Crippen molar-refractivity contribution < 1.29 is 19.1 Å². The van der Waals surface area contributed by atoms with Gasteiger partial charge >= 0.3 is 12.0 Å². The van der Waals surface area contributed by atoms with Crippen LogP contribution in [-0.4, -0.2) is 84.3 Å². The fourth-order valence-electron chi connectivity index (χ4n) is 4.48. The third kappa shape index (κ3) is 4.35. The number of anilines is 1. The van der Waals surface area contributed by atoms with Gasteiger partial charge in [0.05, 0.1) is 38.0 Å². The number of amides is 2. The number of urea groups is 1. The van der Waals surface area contributed by atoms with Gasteiger partial charge in [-0.3, -0.25) is 4.79 Å². The number of hydrogen-bond donors (Lipinski definition) is 0. The van der Waals surface area contributed by atoms with Crippen molar-refractivity contribution in [3.8, 4) is 0 Å². The number of esters is 1. The molecule has 0 unspecified atom stereocenters. The first-order chi connectivity index (χ1) is 14.6. The van der Waals surface area contributed by atoms with Gasteiger partial charge in [0.25, 0.3) is 0 Å². The summed E-state index contributed by atoms with van der Waals surface area (Å²) in [6, 6.07) is 0.0662. The number of fused-ring (bicyclic) bond motifs is 1. The quantitative estimate of drug-likeness (QED) is 0.687. The van der Waals surface area contributed by atoms with Crippen LogP contribution in [0.5, 0.6) is 0 Å². The van der Waals surface area contributed by atoms with Gasteiger partial charge < -0.3 is 24.2 Å². The molecule has 0 saturated carbocycles. The summed E-state index contributed by atoms with van der Waals surface area (Å²) in [5.41, 5.74) is 2.08. The molecular weight excluding hydrogens is 386 g/mol. The topological polar surface area (TPSA) is 88.1 Å². The predicted octanol–water partition coefficient (Wildman–Crippen LogP) is 1.37. The molecule has 0 aromatic carbocycles. The molecule has 1 aromatic heterocycles. The minimum Gasteiger partial charge on any atom is -0.466 e. The SMILES string of the molecule is CCOC(=O)C1CCN(c2nc(C)nc3c2CN(C(=O)N2CCOCC2)CC3)CC1. The summed E-state index contributed by atoms with van der Waals surface area (Å²) in [5, 5.41) is 0. The summed E-state index contributed by atoms with van der Waals surface area (Å²) in [4.78, 5) is 40.5. The number of aromatic nitrogens is 2. The van der Waals surface area contributed by atoms with Gasteiger partial charge in [0.15, 0.2) is 0 Å². The first kappa shape index (κ1) is 20.8. The number of hydrogen-bond acceptors (Lipinski definition) is 7. The first-order valence-corrected chi connectivity index (χ1v) is 11.0. The van der Waals surface area contributed by atoms with E-state index in [1.165, 1.54) is 0 Å². The highest BCUT2D eigenvalue weighted by Gasteiger charge is 2.32. The van der Waals surface area contributed by atoms with Gasteiger partial charge in [0.2, 0.25) is 0 Å². The van der Waals surface area contributed by atoms with Gasteiger partial charge in [-0.25, -0.2) is 14.8 Å². The molecule has 2 saturated heterocycles. The summed E-state index contributed by atoms with van der Waals surface area (Å²) in [6.07, 6.45) is 2.25. The normalized spacial score (nSPS) is 20.1. The Morgan fingerprint density at radius 1 is 1.07 bits per heavy atom. The molecule has 3 aliphatic rings. The highest BCUT2D eigenvalue weighted by atomic mass is 16.5. The Kier molecular flexibility index (Phi) is 6.36. The minimum absolute atomic E-state index is 0.0423. The second-order valence-electron chi connectivity index (χ2n) is 8.09. The third-order valence-electron chi connectivity index (χ3n) is 6.12. The highest BCUT2D eigenvalue weighted by Crippen LogP contribution is 2.30. The number of piperidine rings is 1. The van der Waals surface area contributed by atoms with E-state index in [1.54, 1.807) is 0 Å². The molecule has 0 atom stereocenters. The van der Waals surface area contributed by atoms with E-state index in [0.717, 1.165) is 55.3 Å². The van der Waals surface area contributed by atoms with Gasteiger partial charge in [-0.05, 0) is 26.7 Å². The van der Waals surface area contributed by atoms with Crippen molar-refractivity contribution in [2.24, 2.45) is 5.92 Å². The van der Waals surface area contributed by atoms with Crippen molar-refractivity contribution in [3.05, 3.63) is 17.1 Å². The maximum Gasteiger partial charge on any atom is 0.320 e. The summed E-state index contributed by atoms with van der Waals surface area (Å²) >= 11 is 0. The zero-order valence-electron chi connectivity index (χ0n) is 17.9. The second-order valence-corrected chi connectivity index (χ2v) is 8.09. The number of aryl methyl sites for hydroxylation is 1. The smallest absolute Gasteiger partial charge is 0.320 e. The zero-order valence-corrected chi connectivity index (χ0v) is 17.9. The Bertz CT molecular complexity index is 788. The molecule has 0 aliphatic carbocycles. The van der Waals surface area contributed by atoms with Crippen LogP contribution in [0.2, 0.25) is 0 Å². The number of nitrogens with zero attached hydrogens (tertiary/aromatic N) is 5. The Morgan fingerprint density at radius 2 is 1.80 bits per heavy atom. The van der Waals surface area contributed by atoms with Crippen LogP contribution in [0.1, 0.15) is 36.8 Å². The minimum atomic E-state index is -0.0969. The van der Waals surface area contributed by atoms with E-state index in [4.69, 9.17) is 14.5 Å². The Balaban J connectivity index is 1.49. The van der Waals surface area contributed by atoms with Gasteiger partial charge in [-0.15, -0.1) is 0 Å². The van der Waals surface area contributed by atoms with E-state index in [2.05, 4.69) is 9.88 Å². The molecular formula is C21H31N5O4. The molecule has 4 heterocycles. The van der Waals surface area contributed by atoms with Crippen LogP contribution in [0.3, 0.4) is 0 Å². The molecule has 2 amide bonds. The number of carbonyl (C=O) groups excluding carboxylic acids is 2. The van der Waals surface area contributed by atoms with Crippen LogP contribution in [0.25, 0.3) is 0 Å². The van der Waals surface area contributed by atoms with Crippen molar-refractivity contribution in [2.75, 3.05) is 57.4 Å². The molecule has 1 aromatic rings. The van der Waals surface area contributed by atoms with Crippen LogP contribution in [-0.2, 0) is 27.2 Å². The van der Waals surface area contributed by atoms with Gasteiger partial charge in [0.1, 0.15) is 11.6 Å². The Labute approximate surface area is 177 Å². The number of ether oxygens (including phenoxy) is 2. The molecule has 0 radical (unpaired) electrons. The van der Waals surface area contributed by atoms with Crippen LogP contribution < -0.4 is 4.90 Å². The lowest BCUT2D eigenvalue weighted by molar-refractivity contribution is -0.148. The van der Waals surface area contributed by atoms with Crippen LogP contribution >= 0.6 is 0 Å². The summed E-state index contributed by atoms with van der Waals surface area (Å²) < 4.78 is 10.6. The van der Waals surface area contributed by atoms with Crippen molar-refractivity contribution in [3.63, 3.8) is 0 Å². The highest BCUT2D eigenvalue weighted by molar-refractivity contribution is 5.75. The fraction of sp³-hybridized carbons (Fsp3) is 0.714. The number of rotatable bonds is 3. The lowest BCUT2D eigenvalue weighted by Gasteiger charge is -2.38. The lowest BCUT2D eigenvalue weighted by Crippen LogP contribution is -2.50. The molecule has 9 nitrogen and oxygen atoms in total. The molecule has 30 heavy (non-hydrogen) atoms. The summed E-state index contributed by atoms with van der Waals surface area (Å²) in [6.45, 7) is 9.36. The van der Waals surface area contributed by atoms with Crippen LogP contribution in [0.15, 0.2) is 0 Å². The maximum absolute atomic E-state index is 13.0. The number of morpholine rings is 1. The zero-order chi connectivity index (χ0) is 21.1. The van der Waals surface area contributed by atoms with E-state index in [0.29, 0.717) is 46.0 Å². The molecule has 0 N–H and O–H groups in total. The van der Waals surface area contributed by atoms with Crippen LogP contribution in [0.4, 0.5) is 10.6 Å². The second kappa shape index (κ2) is 9.16. The molecule has 9 heteroatoms. The maximum atomic E-state index is 13.0. The van der Waals surface area contributed by atoms with Crippen molar-refractivity contribution in [2.45, 2.75) is 39.7 Å². The Morgan fingerprint density at radius 3 is 2.50 bits per heavy atom. The average Bonchev–Trinajstić information content (AvgIpc) is 2.78. The van der Waals surface area contributed by atoms with E-state index in [1.807, 2.05) is 23.6 Å². The third-order valence-corrected chi connectivity index (χ3v) is 6.12. The lowest BCUT2D eigenvalue weighted by atomic mass is 9.96. The van der Waals surface area contributed by atoms with Gasteiger partial charge in [-0.2, -0.15) is 0 Å². The largest absolute Gasteiger partial charge is 0.466 e. The van der Waals surface area contributed by atoms with E-state index in [-0.39, 0.29) is 17.9 Å². The molecule has 4 rings (SSSR count). The molecule has 3 aliphatic heterocycles. The summed E-state index contributed by atoms with van der Waals surface area (Å²) in [7, 11) is 0. The van der Waals surface area contributed by atoms with Crippen molar-refractivity contribution in [1.29, 1.82) is 0 Å². The van der Waals surface area contributed by atoms with Crippen molar-refractivity contribution >= 4 is 17.8 Å². The molecule has 0 spiro atoms. The standard InChI is InChI=1S/C21H31N5O4/c1-3-30-20(27)16-4-7-24(8-5-16)19-17-14-26(9-6-18(17)22-15(2)23-19)21(28)25-10-12-29-13-11-25/h16H,3-14H2,1-2H3. The summed E-state index contributed by atoms with van der Waals surface area (Å²) in [5.74, 6) is 1.53. The molecule has 0 bridgehead atoms. The van der Waals surface area contributed by atoms with Crippen LogP contribution in [0, 0.1) is 12.8 Å². The van der Waals surface area contributed by atoms with E-state index in [9.17, 15) is 9.59 Å². The average molecular weight is 418 g/mol. The van der Waals surface area contributed by atoms with Gasteiger partial charge in [-0.1, -0.05) is 0 Å². The Hall–Kier alpha value is -2.42. The van der Waals surface area contributed by atoms with E-state index >= 15 is 0 Å².